The standard InChI is InChI=1S/C69H119N2O7P/c1-7-10-13-16-19-22-25-28-30-31-32-33-34-35-36-37-38-39-40-41-42-44-47-50-53-56-59-62-69(73)78-67(60-57-54-51-48-45-27-24-21-18-15-12-9-3)66(65-77-79(74,75)76-64-63-71(4,5)6)70-68(72)61-58-55-52-49-46-43-29-26-23-20-17-14-11-8-2/h10-11,13-14,19-20,22-23,28-30,32-33,35-36,38-39,43,57,60,66-67H,7-9,12,15-18,21,24-27,31,34,37,40-42,44-56,58-59,61-65H2,1-6H3,(H-,70,72,74,75)/p+1/b13-10-,14-11+,22-19-,23-20+,30-28-,33-32-,36-35-,39-38-,43-29+,60-57-. The fraction of sp³-hybridized carbons (Fsp3) is 0.681. The molecule has 0 radical (unpaired) electrons. The van der Waals surface area contributed by atoms with Crippen LogP contribution in [0.5, 0.6) is 0 Å². The highest BCUT2D eigenvalue weighted by atomic mass is 31.2. The fourth-order valence-electron chi connectivity index (χ4n) is 8.55. The van der Waals surface area contributed by atoms with Gasteiger partial charge in [0.2, 0.25) is 5.91 Å². The molecule has 3 atom stereocenters. The number of carbonyl (C=O) groups excluding carboxylic acids is 2. The molecule has 0 saturated carbocycles. The summed E-state index contributed by atoms with van der Waals surface area (Å²) < 4.78 is 30.7. The molecule has 0 spiro atoms. The van der Waals surface area contributed by atoms with Crippen LogP contribution in [0.2, 0.25) is 0 Å². The fourth-order valence-corrected chi connectivity index (χ4v) is 9.28. The van der Waals surface area contributed by atoms with Gasteiger partial charge in [-0.15, -0.1) is 0 Å². The van der Waals surface area contributed by atoms with Gasteiger partial charge in [-0.1, -0.05) is 245 Å². The third-order valence-electron chi connectivity index (χ3n) is 13.4. The number of likely N-dealkylation sites (N-methyl/N-ethyl adjacent to an activating group) is 1. The summed E-state index contributed by atoms with van der Waals surface area (Å²) in [5.74, 6) is -0.548. The molecule has 3 unspecified atom stereocenters. The molecule has 0 aliphatic heterocycles. The lowest BCUT2D eigenvalue weighted by Gasteiger charge is -2.27. The SMILES string of the molecule is CC/C=C\C/C=C\C/C=C\C/C=C\C/C=C\C/C=C\CCCCCCCCCCC(=O)OC(/C=C\CCCCCCCCCCCC)C(COP(=O)(O)OCC[N+](C)(C)C)NC(=O)CCCCCC/C=C/C/C=C/C/C=C/CC. The quantitative estimate of drug-likeness (QED) is 0.0205. The molecule has 0 bridgehead atoms. The Bertz CT molecular complexity index is 1770. The average Bonchev–Trinajstić information content (AvgIpc) is 3.41. The smallest absolute Gasteiger partial charge is 0.456 e. The van der Waals surface area contributed by atoms with Crippen LogP contribution in [0.1, 0.15) is 252 Å². The van der Waals surface area contributed by atoms with E-state index in [1.165, 1.54) is 77.0 Å². The van der Waals surface area contributed by atoms with Crippen molar-refractivity contribution >= 4 is 19.7 Å². The predicted octanol–water partition coefficient (Wildman–Crippen LogP) is 19.9. The van der Waals surface area contributed by atoms with Crippen LogP contribution in [0.15, 0.2) is 122 Å². The first-order valence-corrected chi connectivity index (χ1v) is 33.4. The second-order valence-corrected chi connectivity index (χ2v) is 23.6. The number of nitrogens with zero attached hydrogens (tertiary/aromatic N) is 1. The molecule has 0 aliphatic carbocycles. The minimum atomic E-state index is -4.46. The van der Waals surface area contributed by atoms with Crippen LogP contribution in [-0.2, 0) is 27.9 Å². The van der Waals surface area contributed by atoms with Crippen LogP contribution < -0.4 is 5.32 Å². The molecule has 0 aliphatic rings. The Kier molecular flexibility index (Phi) is 55.0. The minimum absolute atomic E-state index is 0.0281. The van der Waals surface area contributed by atoms with E-state index in [9.17, 15) is 19.0 Å². The Balaban J connectivity index is 5.16. The maximum Gasteiger partial charge on any atom is 0.472 e. The van der Waals surface area contributed by atoms with Gasteiger partial charge in [-0.25, -0.2) is 4.57 Å². The maximum atomic E-state index is 13.5. The topological polar surface area (TPSA) is 111 Å². The number of phosphoric ester groups is 1. The van der Waals surface area contributed by atoms with Crippen molar-refractivity contribution in [2.24, 2.45) is 0 Å². The van der Waals surface area contributed by atoms with Crippen LogP contribution in [0, 0.1) is 0 Å². The van der Waals surface area contributed by atoms with Crippen molar-refractivity contribution in [3.63, 3.8) is 0 Å². The molecule has 2 N–H and O–H groups in total. The van der Waals surface area contributed by atoms with Crippen molar-refractivity contribution in [3.05, 3.63) is 122 Å². The molecular weight excluding hydrogens is 1000 g/mol. The highest BCUT2D eigenvalue weighted by Crippen LogP contribution is 2.43. The van der Waals surface area contributed by atoms with Gasteiger partial charge in [0.1, 0.15) is 19.3 Å². The first kappa shape index (κ1) is 75.4. The van der Waals surface area contributed by atoms with Crippen molar-refractivity contribution < 1.29 is 37.3 Å². The van der Waals surface area contributed by atoms with Crippen LogP contribution >= 0.6 is 7.82 Å². The molecular formula is C69H120N2O7P+. The lowest BCUT2D eigenvalue weighted by Crippen LogP contribution is -2.47. The number of amides is 1. The molecule has 452 valence electrons. The summed E-state index contributed by atoms with van der Waals surface area (Å²) in [6.07, 6.45) is 80.6. The van der Waals surface area contributed by atoms with Crippen LogP contribution in [0.3, 0.4) is 0 Å². The average molecular weight is 1120 g/mol. The highest BCUT2D eigenvalue weighted by molar-refractivity contribution is 7.47. The van der Waals surface area contributed by atoms with Gasteiger partial charge in [-0.3, -0.25) is 18.6 Å². The number of hydrogen-bond acceptors (Lipinski definition) is 6. The van der Waals surface area contributed by atoms with E-state index in [2.05, 4.69) is 135 Å². The number of quaternary nitrogens is 1. The van der Waals surface area contributed by atoms with Gasteiger partial charge in [0, 0.05) is 12.8 Å². The number of phosphoric acid groups is 1. The van der Waals surface area contributed by atoms with Gasteiger partial charge in [0.25, 0.3) is 0 Å². The number of esters is 1. The number of nitrogens with one attached hydrogen (secondary N) is 1. The van der Waals surface area contributed by atoms with Crippen LogP contribution in [0.4, 0.5) is 0 Å². The predicted molar refractivity (Wildman–Crippen MR) is 341 cm³/mol. The molecule has 79 heavy (non-hydrogen) atoms. The van der Waals surface area contributed by atoms with Crippen LogP contribution in [-0.4, -0.2) is 74.3 Å². The Morgan fingerprint density at radius 2 is 0.810 bits per heavy atom. The maximum absolute atomic E-state index is 13.5. The van der Waals surface area contributed by atoms with E-state index in [0.717, 1.165) is 135 Å². The van der Waals surface area contributed by atoms with Gasteiger partial charge in [-0.05, 0) is 115 Å². The molecule has 9 nitrogen and oxygen atoms in total. The van der Waals surface area contributed by atoms with Crippen molar-refractivity contribution in [1.29, 1.82) is 0 Å². The van der Waals surface area contributed by atoms with E-state index in [1.54, 1.807) is 0 Å². The summed E-state index contributed by atoms with van der Waals surface area (Å²) >= 11 is 0. The summed E-state index contributed by atoms with van der Waals surface area (Å²) in [5, 5.41) is 3.04. The molecule has 0 heterocycles. The van der Waals surface area contributed by atoms with E-state index in [4.69, 9.17) is 13.8 Å². The summed E-state index contributed by atoms with van der Waals surface area (Å²) in [7, 11) is 1.46. The lowest BCUT2D eigenvalue weighted by atomic mass is 10.0. The molecule has 0 aromatic carbocycles. The molecule has 0 aromatic rings. The van der Waals surface area contributed by atoms with E-state index < -0.39 is 20.0 Å². The van der Waals surface area contributed by atoms with Gasteiger partial charge in [-0.2, -0.15) is 0 Å². The number of carbonyl (C=O) groups is 2. The minimum Gasteiger partial charge on any atom is -0.456 e. The number of allylic oxidation sites excluding steroid dienone is 19. The van der Waals surface area contributed by atoms with Crippen molar-refractivity contribution in [2.75, 3.05) is 40.9 Å². The summed E-state index contributed by atoms with van der Waals surface area (Å²) in [6.45, 7) is 6.75. The Morgan fingerprint density at radius 3 is 1.22 bits per heavy atom. The van der Waals surface area contributed by atoms with Crippen LogP contribution in [0.25, 0.3) is 0 Å². The van der Waals surface area contributed by atoms with Gasteiger partial charge in [0.05, 0.1) is 33.8 Å². The first-order valence-electron chi connectivity index (χ1n) is 31.9. The first-order chi connectivity index (χ1) is 38.4. The molecule has 0 aromatic heterocycles. The normalized spacial score (nSPS) is 14.5. The Morgan fingerprint density at radius 1 is 0.456 bits per heavy atom. The second kappa shape index (κ2) is 57.6. The van der Waals surface area contributed by atoms with Crippen molar-refractivity contribution in [2.45, 2.75) is 264 Å². The van der Waals surface area contributed by atoms with E-state index in [1.807, 2.05) is 33.3 Å². The van der Waals surface area contributed by atoms with Gasteiger partial charge in [0.15, 0.2) is 0 Å². The zero-order valence-electron chi connectivity index (χ0n) is 51.6. The van der Waals surface area contributed by atoms with Gasteiger partial charge < -0.3 is 19.4 Å². The molecule has 0 saturated heterocycles. The Labute approximate surface area is 486 Å². The van der Waals surface area contributed by atoms with Crippen molar-refractivity contribution in [1.82, 2.24) is 5.32 Å². The number of unbranched alkanes of at least 4 members (excludes halogenated alkanes) is 22. The Hall–Kier alpha value is -3.59. The third kappa shape index (κ3) is 58.9. The van der Waals surface area contributed by atoms with Gasteiger partial charge >= 0.3 is 13.8 Å². The molecule has 10 heteroatoms. The number of hydrogen-bond donors (Lipinski definition) is 2. The monoisotopic (exact) mass is 1120 g/mol. The van der Waals surface area contributed by atoms with E-state index in [0.29, 0.717) is 23.9 Å². The van der Waals surface area contributed by atoms with E-state index in [-0.39, 0.29) is 31.5 Å². The number of ether oxygens (including phenoxy) is 1. The summed E-state index contributed by atoms with van der Waals surface area (Å²) in [6, 6.07) is -0.871. The zero-order valence-corrected chi connectivity index (χ0v) is 52.5. The highest BCUT2D eigenvalue weighted by Gasteiger charge is 2.30. The molecule has 0 rings (SSSR count). The largest absolute Gasteiger partial charge is 0.472 e. The second-order valence-electron chi connectivity index (χ2n) is 22.2. The van der Waals surface area contributed by atoms with Crippen molar-refractivity contribution in [3.8, 4) is 0 Å². The lowest BCUT2D eigenvalue weighted by molar-refractivity contribution is -0.870. The summed E-state index contributed by atoms with van der Waals surface area (Å²) in [5.41, 5.74) is 0. The zero-order chi connectivity index (χ0) is 57.9. The molecule has 0 fully saturated rings. The summed E-state index contributed by atoms with van der Waals surface area (Å²) in [4.78, 5) is 37.7. The van der Waals surface area contributed by atoms with E-state index >= 15 is 0 Å². The third-order valence-corrected chi connectivity index (χ3v) is 14.4. The molecule has 1 amide bonds. The number of rotatable bonds is 56.